The van der Waals surface area contributed by atoms with Crippen molar-refractivity contribution in [1.82, 2.24) is 20.4 Å². The van der Waals surface area contributed by atoms with Gasteiger partial charge in [0, 0.05) is 24.3 Å². The molecule has 134 valence electrons. The predicted octanol–water partition coefficient (Wildman–Crippen LogP) is 2.83. The zero-order valence-electron chi connectivity index (χ0n) is 14.2. The van der Waals surface area contributed by atoms with Crippen LogP contribution in [0.3, 0.4) is 0 Å². The second-order valence-corrected chi connectivity index (χ2v) is 6.95. The maximum atomic E-state index is 12.4. The van der Waals surface area contributed by atoms with Crippen LogP contribution in [0.1, 0.15) is 37.7 Å². The van der Waals surface area contributed by atoms with Crippen LogP contribution in [0.5, 0.6) is 0 Å². The van der Waals surface area contributed by atoms with Gasteiger partial charge in [-0.2, -0.15) is 5.10 Å². The zero-order valence-corrected chi connectivity index (χ0v) is 15.0. The number of halogens is 1. The number of hydrogen-bond acceptors (Lipinski definition) is 3. The first-order valence-electron chi connectivity index (χ1n) is 8.92. The van der Waals surface area contributed by atoms with Gasteiger partial charge in [-0.1, -0.05) is 31.0 Å². The van der Waals surface area contributed by atoms with Crippen LogP contribution in [0.15, 0.2) is 42.7 Å². The average molecular weight is 361 g/mol. The molecule has 1 aromatic heterocycles. The Bertz CT molecular complexity index is 688. The summed E-state index contributed by atoms with van der Waals surface area (Å²) in [6.07, 6.45) is 9.87. The number of amides is 1. The van der Waals surface area contributed by atoms with Crippen molar-refractivity contribution in [2.75, 3.05) is 0 Å². The Hall–Kier alpha value is -1.85. The first-order chi connectivity index (χ1) is 11.8. The van der Waals surface area contributed by atoms with Gasteiger partial charge in [0.15, 0.2) is 0 Å². The van der Waals surface area contributed by atoms with Crippen LogP contribution in [-0.4, -0.2) is 27.8 Å². The van der Waals surface area contributed by atoms with Gasteiger partial charge in [0.1, 0.15) is 0 Å². The van der Waals surface area contributed by atoms with Crippen LogP contribution in [0.25, 0.3) is 5.69 Å². The van der Waals surface area contributed by atoms with Crippen molar-refractivity contribution < 1.29 is 4.79 Å². The van der Waals surface area contributed by atoms with E-state index in [1.54, 1.807) is 0 Å². The monoisotopic (exact) mass is 360 g/mol. The number of nitrogens with one attached hydrogen (secondary N) is 2. The van der Waals surface area contributed by atoms with Crippen molar-refractivity contribution in [2.24, 2.45) is 5.92 Å². The minimum atomic E-state index is -0.0257. The van der Waals surface area contributed by atoms with E-state index in [0.717, 1.165) is 17.7 Å². The molecule has 2 fully saturated rings. The van der Waals surface area contributed by atoms with E-state index in [1.807, 2.05) is 47.4 Å². The summed E-state index contributed by atoms with van der Waals surface area (Å²) >= 11 is 0. The molecule has 5 nitrogen and oxygen atoms in total. The molecule has 3 unspecified atom stereocenters. The van der Waals surface area contributed by atoms with Gasteiger partial charge in [-0.25, -0.2) is 4.68 Å². The molecule has 4 rings (SSSR count). The highest BCUT2D eigenvalue weighted by Gasteiger charge is 2.37. The fraction of sp³-hybridized carbons (Fsp3) is 0.474. The lowest BCUT2D eigenvalue weighted by Crippen LogP contribution is -2.42. The number of rotatable bonds is 4. The lowest BCUT2D eigenvalue weighted by Gasteiger charge is -2.24. The molecule has 1 aliphatic carbocycles. The van der Waals surface area contributed by atoms with Crippen molar-refractivity contribution in [2.45, 2.75) is 50.7 Å². The van der Waals surface area contributed by atoms with Crippen LogP contribution < -0.4 is 10.6 Å². The van der Waals surface area contributed by atoms with Crippen molar-refractivity contribution in [1.29, 1.82) is 0 Å². The maximum Gasteiger partial charge on any atom is 0.237 e. The standard InChI is InChI=1S/C19H24N4O.ClH/c24-19(18-10-15-6-4-5-9-17(15)22-18)20-11-14-12-21-23(13-14)16-7-2-1-3-8-16;/h1-3,7-8,12-13,15,17-18,22H,4-6,9-11H2,(H,20,24);1H. The van der Waals surface area contributed by atoms with E-state index < -0.39 is 0 Å². The Kier molecular flexibility index (Phi) is 5.76. The zero-order chi connectivity index (χ0) is 16.4. The third kappa shape index (κ3) is 4.05. The van der Waals surface area contributed by atoms with Gasteiger partial charge in [0.25, 0.3) is 0 Å². The topological polar surface area (TPSA) is 59.0 Å². The summed E-state index contributed by atoms with van der Waals surface area (Å²) in [5.41, 5.74) is 2.04. The first-order valence-corrected chi connectivity index (χ1v) is 8.92. The number of fused-ring (bicyclic) bond motifs is 1. The largest absolute Gasteiger partial charge is 0.351 e. The molecule has 1 aromatic carbocycles. The van der Waals surface area contributed by atoms with E-state index >= 15 is 0 Å². The molecule has 2 aromatic rings. The number of carbonyl (C=O) groups is 1. The second kappa shape index (κ2) is 8.02. The van der Waals surface area contributed by atoms with Crippen molar-refractivity contribution in [3.63, 3.8) is 0 Å². The van der Waals surface area contributed by atoms with Gasteiger partial charge >= 0.3 is 0 Å². The molecular formula is C19H25ClN4O. The van der Waals surface area contributed by atoms with Crippen molar-refractivity contribution >= 4 is 18.3 Å². The van der Waals surface area contributed by atoms with Crippen LogP contribution >= 0.6 is 12.4 Å². The van der Waals surface area contributed by atoms with E-state index in [1.165, 1.54) is 25.7 Å². The molecule has 0 bridgehead atoms. The average Bonchev–Trinajstić information content (AvgIpc) is 3.27. The lowest BCUT2D eigenvalue weighted by atomic mass is 9.85. The molecule has 6 heteroatoms. The summed E-state index contributed by atoms with van der Waals surface area (Å²) in [6, 6.07) is 10.5. The molecule has 1 saturated heterocycles. The highest BCUT2D eigenvalue weighted by molar-refractivity contribution is 5.85. The number of carbonyl (C=O) groups excluding carboxylic acids is 1. The molecule has 0 spiro atoms. The van der Waals surface area contributed by atoms with Gasteiger partial charge in [-0.15, -0.1) is 12.4 Å². The van der Waals surface area contributed by atoms with E-state index in [2.05, 4.69) is 15.7 Å². The smallest absolute Gasteiger partial charge is 0.237 e. The summed E-state index contributed by atoms with van der Waals surface area (Å²) in [6.45, 7) is 0.527. The van der Waals surface area contributed by atoms with E-state index in [0.29, 0.717) is 18.5 Å². The van der Waals surface area contributed by atoms with Crippen molar-refractivity contribution in [3.05, 3.63) is 48.3 Å². The van der Waals surface area contributed by atoms with Crippen LogP contribution in [0.4, 0.5) is 0 Å². The van der Waals surface area contributed by atoms with E-state index in [9.17, 15) is 4.79 Å². The van der Waals surface area contributed by atoms with Gasteiger partial charge in [-0.3, -0.25) is 4.79 Å². The van der Waals surface area contributed by atoms with Crippen LogP contribution in [-0.2, 0) is 11.3 Å². The highest BCUT2D eigenvalue weighted by atomic mass is 35.5. The molecule has 0 radical (unpaired) electrons. The molecule has 1 amide bonds. The molecule has 25 heavy (non-hydrogen) atoms. The lowest BCUT2D eigenvalue weighted by molar-refractivity contribution is -0.123. The third-order valence-electron chi connectivity index (χ3n) is 5.30. The summed E-state index contributed by atoms with van der Waals surface area (Å²) < 4.78 is 1.84. The Morgan fingerprint density at radius 3 is 2.84 bits per heavy atom. The van der Waals surface area contributed by atoms with Gasteiger partial charge in [0.2, 0.25) is 5.91 Å². The Morgan fingerprint density at radius 2 is 2.04 bits per heavy atom. The fourth-order valence-electron chi connectivity index (χ4n) is 4.01. The Morgan fingerprint density at radius 1 is 1.24 bits per heavy atom. The summed E-state index contributed by atoms with van der Waals surface area (Å²) in [5, 5.41) is 11.0. The van der Waals surface area contributed by atoms with Gasteiger partial charge in [0.05, 0.1) is 17.9 Å². The van der Waals surface area contributed by atoms with Gasteiger partial charge in [-0.05, 0) is 37.3 Å². The van der Waals surface area contributed by atoms with Crippen LogP contribution in [0, 0.1) is 5.92 Å². The molecular weight excluding hydrogens is 336 g/mol. The minimum Gasteiger partial charge on any atom is -0.351 e. The SMILES string of the molecule is Cl.O=C(NCc1cnn(-c2ccccc2)c1)C1CC2CCCCC2N1. The predicted molar refractivity (Wildman–Crippen MR) is 99.9 cm³/mol. The first kappa shape index (κ1) is 18.0. The molecule has 2 heterocycles. The van der Waals surface area contributed by atoms with E-state index in [-0.39, 0.29) is 24.4 Å². The summed E-state index contributed by atoms with van der Waals surface area (Å²) in [5.74, 6) is 0.812. The minimum absolute atomic E-state index is 0. The molecule has 2 aliphatic rings. The molecule has 2 N–H and O–H groups in total. The number of aromatic nitrogens is 2. The van der Waals surface area contributed by atoms with E-state index in [4.69, 9.17) is 0 Å². The van der Waals surface area contributed by atoms with Crippen molar-refractivity contribution in [3.8, 4) is 5.69 Å². The quantitative estimate of drug-likeness (QED) is 0.881. The summed E-state index contributed by atoms with van der Waals surface area (Å²) in [7, 11) is 0. The highest BCUT2D eigenvalue weighted by Crippen LogP contribution is 2.33. The third-order valence-corrected chi connectivity index (χ3v) is 5.30. The maximum absolute atomic E-state index is 12.4. The molecule has 1 aliphatic heterocycles. The second-order valence-electron chi connectivity index (χ2n) is 6.95. The number of hydrogen-bond donors (Lipinski definition) is 2. The Labute approximate surface area is 154 Å². The number of nitrogens with zero attached hydrogens (tertiary/aromatic N) is 2. The molecule has 1 saturated carbocycles. The molecule has 3 atom stereocenters. The summed E-state index contributed by atoms with van der Waals surface area (Å²) in [4.78, 5) is 12.4. The normalized spacial score (nSPS) is 25.0. The van der Waals surface area contributed by atoms with Gasteiger partial charge < -0.3 is 10.6 Å². The fourth-order valence-corrected chi connectivity index (χ4v) is 4.01. The number of para-hydroxylation sites is 1. The Balaban J connectivity index is 0.00000182. The number of benzene rings is 1. The van der Waals surface area contributed by atoms with Crippen LogP contribution in [0.2, 0.25) is 0 Å².